The van der Waals surface area contributed by atoms with Gasteiger partial charge in [0.05, 0.1) is 5.52 Å². The van der Waals surface area contributed by atoms with Crippen molar-refractivity contribution in [2.75, 3.05) is 6.54 Å². The van der Waals surface area contributed by atoms with Crippen molar-refractivity contribution in [1.82, 2.24) is 10.3 Å². The Morgan fingerprint density at radius 2 is 2.00 bits per heavy atom. The lowest BCUT2D eigenvalue weighted by atomic mass is 10.1. The standard InChI is InChI=1S/C17H24N2/c1-13(2)7-6-10-18-12-15-11-14(3)19-17-9-5-4-8-16(15)17/h4-5,8-9,11,13,18H,6-7,10,12H2,1-3H3. The van der Waals surface area contributed by atoms with Gasteiger partial charge in [-0.25, -0.2) is 0 Å². The van der Waals surface area contributed by atoms with Crippen LogP contribution >= 0.6 is 0 Å². The van der Waals surface area contributed by atoms with E-state index in [9.17, 15) is 0 Å². The molecule has 2 rings (SSSR count). The smallest absolute Gasteiger partial charge is 0.0708 e. The lowest BCUT2D eigenvalue weighted by Gasteiger charge is -2.10. The molecular weight excluding hydrogens is 232 g/mol. The van der Waals surface area contributed by atoms with Gasteiger partial charge < -0.3 is 5.32 Å². The number of nitrogens with one attached hydrogen (secondary N) is 1. The molecule has 0 fully saturated rings. The molecule has 0 aliphatic heterocycles. The van der Waals surface area contributed by atoms with Gasteiger partial charge in [-0.05, 0) is 49.9 Å². The highest BCUT2D eigenvalue weighted by molar-refractivity contribution is 5.82. The van der Waals surface area contributed by atoms with E-state index in [2.05, 4.69) is 61.4 Å². The summed E-state index contributed by atoms with van der Waals surface area (Å²) in [5.41, 5.74) is 3.55. The third-order valence-electron chi connectivity index (χ3n) is 3.38. The number of aryl methyl sites for hydroxylation is 1. The molecule has 1 N–H and O–H groups in total. The van der Waals surface area contributed by atoms with Crippen molar-refractivity contribution < 1.29 is 0 Å². The lowest BCUT2D eigenvalue weighted by Crippen LogP contribution is -2.15. The summed E-state index contributed by atoms with van der Waals surface area (Å²) in [5.74, 6) is 0.797. The molecule has 2 aromatic rings. The van der Waals surface area contributed by atoms with Crippen molar-refractivity contribution in [1.29, 1.82) is 0 Å². The zero-order valence-corrected chi connectivity index (χ0v) is 12.2. The zero-order valence-electron chi connectivity index (χ0n) is 12.2. The number of hydrogen-bond donors (Lipinski definition) is 1. The van der Waals surface area contributed by atoms with Crippen LogP contribution in [-0.2, 0) is 6.54 Å². The first-order valence-electron chi connectivity index (χ1n) is 7.23. The molecule has 0 unspecified atom stereocenters. The summed E-state index contributed by atoms with van der Waals surface area (Å²) in [6, 6.07) is 10.6. The van der Waals surface area contributed by atoms with Crippen LogP contribution in [0.25, 0.3) is 10.9 Å². The van der Waals surface area contributed by atoms with Crippen LogP contribution in [-0.4, -0.2) is 11.5 Å². The summed E-state index contributed by atoms with van der Waals surface area (Å²) in [6.45, 7) is 8.64. The van der Waals surface area contributed by atoms with Gasteiger partial charge in [0.15, 0.2) is 0 Å². The molecule has 2 heteroatoms. The Morgan fingerprint density at radius 3 is 2.79 bits per heavy atom. The van der Waals surface area contributed by atoms with Gasteiger partial charge in [0.1, 0.15) is 0 Å². The fourth-order valence-corrected chi connectivity index (χ4v) is 2.40. The molecule has 2 nitrogen and oxygen atoms in total. The number of benzene rings is 1. The summed E-state index contributed by atoms with van der Waals surface area (Å²) < 4.78 is 0. The maximum absolute atomic E-state index is 4.58. The van der Waals surface area contributed by atoms with Gasteiger partial charge in [-0.1, -0.05) is 32.0 Å². The Labute approximate surface area is 116 Å². The molecule has 0 bridgehead atoms. The molecule has 0 aliphatic carbocycles. The molecule has 1 aromatic carbocycles. The maximum atomic E-state index is 4.58. The first-order valence-corrected chi connectivity index (χ1v) is 7.23. The van der Waals surface area contributed by atoms with Crippen LogP contribution in [0.15, 0.2) is 30.3 Å². The number of aromatic nitrogens is 1. The van der Waals surface area contributed by atoms with Crippen LogP contribution in [0, 0.1) is 12.8 Å². The summed E-state index contributed by atoms with van der Waals surface area (Å²) in [7, 11) is 0. The second kappa shape index (κ2) is 6.67. The molecule has 19 heavy (non-hydrogen) atoms. The van der Waals surface area contributed by atoms with E-state index >= 15 is 0 Å². The minimum Gasteiger partial charge on any atom is -0.313 e. The Kier molecular flexibility index (Phi) is 4.92. The van der Waals surface area contributed by atoms with Crippen LogP contribution < -0.4 is 5.32 Å². The van der Waals surface area contributed by atoms with E-state index < -0.39 is 0 Å². The molecule has 0 spiro atoms. The van der Waals surface area contributed by atoms with E-state index in [1.807, 2.05) is 0 Å². The summed E-state index contributed by atoms with van der Waals surface area (Å²) in [6.07, 6.45) is 2.54. The van der Waals surface area contributed by atoms with Crippen LogP contribution in [0.3, 0.4) is 0 Å². The molecule has 102 valence electrons. The molecule has 1 heterocycles. The molecule has 0 saturated carbocycles. The Morgan fingerprint density at radius 1 is 1.21 bits per heavy atom. The number of pyridine rings is 1. The number of hydrogen-bond acceptors (Lipinski definition) is 2. The van der Waals surface area contributed by atoms with Crippen molar-refractivity contribution in [3.05, 3.63) is 41.6 Å². The van der Waals surface area contributed by atoms with Crippen molar-refractivity contribution in [3.8, 4) is 0 Å². The van der Waals surface area contributed by atoms with Gasteiger partial charge in [-0.2, -0.15) is 0 Å². The first-order chi connectivity index (χ1) is 9.16. The van der Waals surface area contributed by atoms with Gasteiger partial charge >= 0.3 is 0 Å². The maximum Gasteiger partial charge on any atom is 0.0708 e. The minimum atomic E-state index is 0.797. The topological polar surface area (TPSA) is 24.9 Å². The van der Waals surface area contributed by atoms with E-state index in [0.717, 1.165) is 30.2 Å². The summed E-state index contributed by atoms with van der Waals surface area (Å²) in [4.78, 5) is 4.58. The predicted octanol–water partition coefficient (Wildman–Crippen LogP) is 4.07. The number of nitrogens with zero attached hydrogens (tertiary/aromatic N) is 1. The van der Waals surface area contributed by atoms with E-state index in [-0.39, 0.29) is 0 Å². The second-order valence-corrected chi connectivity index (χ2v) is 5.65. The van der Waals surface area contributed by atoms with Gasteiger partial charge in [0, 0.05) is 17.6 Å². The SMILES string of the molecule is Cc1cc(CNCCCC(C)C)c2ccccc2n1. The Hall–Kier alpha value is -1.41. The fourth-order valence-electron chi connectivity index (χ4n) is 2.40. The highest BCUT2D eigenvalue weighted by atomic mass is 14.8. The first kappa shape index (κ1) is 14.0. The van der Waals surface area contributed by atoms with Crippen molar-refractivity contribution in [2.45, 2.75) is 40.2 Å². The third kappa shape index (κ3) is 4.03. The minimum absolute atomic E-state index is 0.797. The molecule has 0 atom stereocenters. The van der Waals surface area contributed by atoms with Crippen LogP contribution in [0.2, 0.25) is 0 Å². The monoisotopic (exact) mass is 256 g/mol. The number of fused-ring (bicyclic) bond motifs is 1. The fraction of sp³-hybridized carbons (Fsp3) is 0.471. The molecule has 0 amide bonds. The predicted molar refractivity (Wildman–Crippen MR) is 82.3 cm³/mol. The van der Waals surface area contributed by atoms with Crippen molar-refractivity contribution in [2.24, 2.45) is 5.92 Å². The average molecular weight is 256 g/mol. The molecule has 0 radical (unpaired) electrons. The molecular formula is C17H24N2. The molecule has 0 saturated heterocycles. The quantitative estimate of drug-likeness (QED) is 0.788. The van der Waals surface area contributed by atoms with E-state index in [4.69, 9.17) is 0 Å². The zero-order chi connectivity index (χ0) is 13.7. The lowest BCUT2D eigenvalue weighted by molar-refractivity contribution is 0.528. The molecule has 1 aromatic heterocycles. The normalized spacial score (nSPS) is 11.4. The van der Waals surface area contributed by atoms with Gasteiger partial charge in [0.2, 0.25) is 0 Å². The highest BCUT2D eigenvalue weighted by Crippen LogP contribution is 2.17. The number of para-hydroxylation sites is 1. The van der Waals surface area contributed by atoms with Gasteiger partial charge in [0.25, 0.3) is 0 Å². The average Bonchev–Trinajstić information content (AvgIpc) is 2.37. The largest absolute Gasteiger partial charge is 0.313 e. The van der Waals surface area contributed by atoms with E-state index in [1.54, 1.807) is 0 Å². The number of rotatable bonds is 6. The molecule has 0 aliphatic rings. The van der Waals surface area contributed by atoms with Crippen LogP contribution in [0.1, 0.15) is 37.9 Å². The van der Waals surface area contributed by atoms with Crippen LogP contribution in [0.5, 0.6) is 0 Å². The summed E-state index contributed by atoms with van der Waals surface area (Å²) in [5, 5.41) is 4.82. The van der Waals surface area contributed by atoms with E-state index in [1.165, 1.54) is 23.8 Å². The van der Waals surface area contributed by atoms with Crippen molar-refractivity contribution >= 4 is 10.9 Å². The second-order valence-electron chi connectivity index (χ2n) is 5.65. The van der Waals surface area contributed by atoms with Crippen molar-refractivity contribution in [3.63, 3.8) is 0 Å². The Bertz CT molecular complexity index is 532. The van der Waals surface area contributed by atoms with E-state index in [0.29, 0.717) is 0 Å². The Balaban J connectivity index is 2.00. The highest BCUT2D eigenvalue weighted by Gasteiger charge is 2.03. The third-order valence-corrected chi connectivity index (χ3v) is 3.38. The van der Waals surface area contributed by atoms with Crippen LogP contribution in [0.4, 0.5) is 0 Å². The van der Waals surface area contributed by atoms with Gasteiger partial charge in [-0.3, -0.25) is 4.98 Å². The summed E-state index contributed by atoms with van der Waals surface area (Å²) >= 11 is 0. The van der Waals surface area contributed by atoms with Gasteiger partial charge in [-0.15, -0.1) is 0 Å².